The van der Waals surface area contributed by atoms with Gasteiger partial charge in [0.05, 0.1) is 0 Å². The van der Waals surface area contributed by atoms with Gasteiger partial charge >= 0.3 is 18.2 Å². The van der Waals surface area contributed by atoms with Gasteiger partial charge in [-0.2, -0.15) is 0 Å². The molecule has 2 atom stereocenters. The molecule has 4 rings (SSSR count). The van der Waals surface area contributed by atoms with Gasteiger partial charge < -0.3 is 29.6 Å². The topological polar surface area (TPSA) is 129 Å². The zero-order valence-electron chi connectivity index (χ0n) is 24.7. The molecule has 0 spiro atoms. The first-order valence-corrected chi connectivity index (χ1v) is 14.3. The molecule has 45 heavy (non-hydrogen) atoms. The molecule has 0 aromatic heterocycles. The van der Waals surface area contributed by atoms with Crippen LogP contribution in [0.2, 0.25) is 0 Å². The third-order valence-corrected chi connectivity index (χ3v) is 6.52. The van der Waals surface area contributed by atoms with Gasteiger partial charge in [-0.15, -0.1) is 0 Å². The summed E-state index contributed by atoms with van der Waals surface area (Å²) in [6.45, 7) is 1.63. The van der Waals surface area contributed by atoms with Gasteiger partial charge in [0.1, 0.15) is 37.7 Å². The summed E-state index contributed by atoms with van der Waals surface area (Å²) < 4.78 is 21.0. The lowest BCUT2D eigenvalue weighted by Gasteiger charge is -2.21. The molecule has 0 aliphatic carbocycles. The first-order valence-electron chi connectivity index (χ1n) is 14.3. The lowest BCUT2D eigenvalue weighted by atomic mass is 10.0. The number of carbonyl (C=O) groups excluding carboxylic acids is 4. The average molecular weight is 611 g/mol. The van der Waals surface area contributed by atoms with Gasteiger partial charge in [0.15, 0.2) is 0 Å². The molecule has 0 bridgehead atoms. The van der Waals surface area contributed by atoms with Crippen LogP contribution in [0.25, 0.3) is 0 Å². The summed E-state index contributed by atoms with van der Waals surface area (Å²) in [6.07, 6.45) is -1.61. The van der Waals surface area contributed by atoms with Crippen molar-refractivity contribution in [2.75, 3.05) is 0 Å². The predicted octanol–water partition coefficient (Wildman–Crippen LogP) is 5.49. The number of esters is 1. The third-order valence-electron chi connectivity index (χ3n) is 6.52. The van der Waals surface area contributed by atoms with E-state index in [2.05, 4.69) is 10.6 Å². The summed E-state index contributed by atoms with van der Waals surface area (Å²) in [7, 11) is 0. The van der Waals surface area contributed by atoms with Crippen LogP contribution in [0.3, 0.4) is 0 Å². The molecule has 4 aromatic rings. The number of rotatable bonds is 13. The van der Waals surface area contributed by atoms with Crippen molar-refractivity contribution in [1.29, 1.82) is 0 Å². The molecule has 0 unspecified atom stereocenters. The highest BCUT2D eigenvalue weighted by Crippen LogP contribution is 2.15. The minimum Gasteiger partial charge on any atom is -0.459 e. The Balaban J connectivity index is 1.35. The highest BCUT2D eigenvalue weighted by molar-refractivity contribution is 5.89. The van der Waals surface area contributed by atoms with Gasteiger partial charge in [-0.1, -0.05) is 103 Å². The van der Waals surface area contributed by atoms with Crippen molar-refractivity contribution in [1.82, 2.24) is 10.6 Å². The van der Waals surface area contributed by atoms with Gasteiger partial charge in [0.2, 0.25) is 5.91 Å². The second-order valence-electron chi connectivity index (χ2n) is 10.1. The highest BCUT2D eigenvalue weighted by Gasteiger charge is 2.26. The smallest absolute Gasteiger partial charge is 0.459 e. The van der Waals surface area contributed by atoms with E-state index in [1.54, 1.807) is 36.4 Å². The number of alkyl carbamates (subject to hydrolysis) is 1. The minimum absolute atomic E-state index is 0.00956. The molecule has 4 aromatic carbocycles. The second kappa shape index (κ2) is 16.9. The van der Waals surface area contributed by atoms with Crippen LogP contribution in [0.5, 0.6) is 5.75 Å². The molecule has 0 heterocycles. The Labute approximate surface area is 261 Å². The maximum absolute atomic E-state index is 13.3. The lowest BCUT2D eigenvalue weighted by molar-refractivity contribution is -0.148. The molecular formula is C35H34N2O8. The maximum atomic E-state index is 13.3. The van der Waals surface area contributed by atoms with Gasteiger partial charge in [-0.25, -0.2) is 14.4 Å². The molecule has 10 heteroatoms. The number of benzene rings is 4. The van der Waals surface area contributed by atoms with Crippen LogP contribution >= 0.6 is 0 Å². The monoisotopic (exact) mass is 610 g/mol. The van der Waals surface area contributed by atoms with E-state index in [0.717, 1.165) is 16.7 Å². The Kier molecular flexibility index (Phi) is 12.1. The first kappa shape index (κ1) is 32.3. The zero-order valence-corrected chi connectivity index (χ0v) is 24.7. The number of nitrogens with one attached hydrogen (secondary N) is 2. The minimum atomic E-state index is -1.10. The number of ether oxygens (including phenoxy) is 4. The van der Waals surface area contributed by atoms with E-state index >= 15 is 0 Å². The summed E-state index contributed by atoms with van der Waals surface area (Å²) in [5, 5.41) is 5.20. The number of hydrogen-bond donors (Lipinski definition) is 2. The van der Waals surface area contributed by atoms with Crippen molar-refractivity contribution in [3.8, 4) is 5.75 Å². The number of hydrogen-bond acceptors (Lipinski definition) is 8. The van der Waals surface area contributed by atoms with E-state index < -0.39 is 36.2 Å². The molecule has 0 aliphatic rings. The van der Waals surface area contributed by atoms with E-state index in [-0.39, 0.29) is 32.0 Å². The highest BCUT2D eigenvalue weighted by atomic mass is 16.7. The van der Waals surface area contributed by atoms with Crippen molar-refractivity contribution in [2.24, 2.45) is 0 Å². The Morgan fingerprint density at radius 2 is 1.07 bits per heavy atom. The fraction of sp³-hybridized carbons (Fsp3) is 0.200. The third kappa shape index (κ3) is 11.2. The van der Waals surface area contributed by atoms with Gasteiger partial charge in [0, 0.05) is 6.42 Å². The summed E-state index contributed by atoms with van der Waals surface area (Å²) >= 11 is 0. The van der Waals surface area contributed by atoms with Crippen molar-refractivity contribution in [3.05, 3.63) is 138 Å². The van der Waals surface area contributed by atoms with E-state index in [9.17, 15) is 19.2 Å². The molecule has 232 valence electrons. The van der Waals surface area contributed by atoms with Crippen molar-refractivity contribution >= 4 is 24.1 Å². The van der Waals surface area contributed by atoms with Crippen LogP contribution in [-0.2, 0) is 50.0 Å². The molecule has 0 aliphatic heterocycles. The molecule has 0 radical (unpaired) electrons. The Bertz CT molecular complexity index is 1530. The van der Waals surface area contributed by atoms with Crippen LogP contribution in [0, 0.1) is 0 Å². The van der Waals surface area contributed by atoms with Crippen molar-refractivity contribution < 1.29 is 38.1 Å². The zero-order chi connectivity index (χ0) is 31.9. The maximum Gasteiger partial charge on any atom is 0.514 e. The van der Waals surface area contributed by atoms with E-state index in [1.165, 1.54) is 6.92 Å². The van der Waals surface area contributed by atoms with Crippen LogP contribution in [0.4, 0.5) is 9.59 Å². The van der Waals surface area contributed by atoms with Gasteiger partial charge in [-0.05, 0) is 41.3 Å². The SMILES string of the molecule is C[C@@H](NC(=O)[C@H](Cc1ccc(OC(=O)OCc2ccccc2)cc1)NC(=O)OCc1ccccc1)C(=O)OCc1ccccc1. The van der Waals surface area contributed by atoms with E-state index in [1.807, 2.05) is 78.9 Å². The lowest BCUT2D eigenvalue weighted by Crippen LogP contribution is -2.52. The van der Waals surface area contributed by atoms with Crippen LogP contribution in [-0.4, -0.2) is 36.2 Å². The summed E-state index contributed by atoms with van der Waals surface area (Å²) in [4.78, 5) is 50.6. The molecule has 0 fully saturated rings. The molecule has 2 amide bonds. The summed E-state index contributed by atoms with van der Waals surface area (Å²) in [5.74, 6) is -0.998. The summed E-state index contributed by atoms with van der Waals surface area (Å²) in [6, 6.07) is 31.8. The van der Waals surface area contributed by atoms with Crippen molar-refractivity contribution in [2.45, 2.75) is 45.2 Å². The summed E-state index contributed by atoms with van der Waals surface area (Å²) in [5.41, 5.74) is 3.05. The Morgan fingerprint density at radius 3 is 1.60 bits per heavy atom. The van der Waals surface area contributed by atoms with Crippen molar-refractivity contribution in [3.63, 3.8) is 0 Å². The van der Waals surface area contributed by atoms with E-state index in [0.29, 0.717) is 5.56 Å². The molecule has 2 N–H and O–H groups in total. The standard InChI is InChI=1S/C35H34N2O8/c1-25(33(39)42-22-27-11-5-2-6-12-27)36-32(38)31(37-34(40)43-23-28-13-7-3-8-14-28)21-26-17-19-30(20-18-26)45-35(41)44-24-29-15-9-4-10-16-29/h2-20,25,31H,21-24H2,1H3,(H,36,38)(H,37,40)/t25-,31+/m1/s1. The normalized spacial score (nSPS) is 11.8. The number of carbonyl (C=O) groups is 4. The largest absolute Gasteiger partial charge is 0.514 e. The number of amides is 2. The van der Waals surface area contributed by atoms with Gasteiger partial charge in [0.25, 0.3) is 0 Å². The van der Waals surface area contributed by atoms with Crippen LogP contribution in [0.15, 0.2) is 115 Å². The van der Waals surface area contributed by atoms with E-state index in [4.69, 9.17) is 18.9 Å². The quantitative estimate of drug-likeness (QED) is 0.116. The molecule has 10 nitrogen and oxygen atoms in total. The molecule has 0 saturated carbocycles. The molecular weight excluding hydrogens is 576 g/mol. The van der Waals surface area contributed by atoms with Crippen LogP contribution in [0.1, 0.15) is 29.2 Å². The van der Waals surface area contributed by atoms with Gasteiger partial charge in [-0.3, -0.25) is 4.79 Å². The fourth-order valence-electron chi connectivity index (χ4n) is 4.11. The first-order chi connectivity index (χ1) is 21.9. The molecule has 0 saturated heterocycles. The predicted molar refractivity (Wildman–Crippen MR) is 165 cm³/mol. The fourth-order valence-corrected chi connectivity index (χ4v) is 4.11. The average Bonchev–Trinajstić information content (AvgIpc) is 3.07. The Morgan fingerprint density at radius 1 is 0.578 bits per heavy atom. The second-order valence-corrected chi connectivity index (χ2v) is 10.1. The van der Waals surface area contributed by atoms with Crippen LogP contribution < -0.4 is 15.4 Å². The Hall–Kier alpha value is -5.64.